The number of aryl methyl sites for hydroxylation is 1. The van der Waals surface area contributed by atoms with Crippen molar-refractivity contribution in [3.63, 3.8) is 0 Å². The Morgan fingerprint density at radius 2 is 1.71 bits per heavy atom. The van der Waals surface area contributed by atoms with E-state index in [1.165, 1.54) is 16.4 Å². The minimum Gasteiger partial charge on any atom is -0.366 e. The maximum atomic E-state index is 12.2. The maximum Gasteiger partial charge on any atom is 0.248 e. The number of nitrogens with one attached hydrogen (secondary N) is 1. The Morgan fingerprint density at radius 3 is 2.29 bits per heavy atom. The highest BCUT2D eigenvalue weighted by Crippen LogP contribution is 2.25. The van der Waals surface area contributed by atoms with Crippen LogP contribution in [0.5, 0.6) is 0 Å². The van der Waals surface area contributed by atoms with Crippen molar-refractivity contribution in [3.05, 3.63) is 59.2 Å². The standard InChI is InChI=1S/C20H25N3O4S/c1-14-6-4-7-18(15(14)2)23(28(3,26)27)13-5-8-19(24)22-17-11-9-16(10-12-17)20(21)25/h4,6-7,9-12H,5,8,13H2,1-3H3,(H2,21,25)(H,22,24). The number of amides is 2. The van der Waals surface area contributed by atoms with Crippen molar-refractivity contribution in [1.82, 2.24) is 0 Å². The van der Waals surface area contributed by atoms with Gasteiger partial charge in [-0.2, -0.15) is 0 Å². The van der Waals surface area contributed by atoms with Crippen LogP contribution in [0.3, 0.4) is 0 Å². The van der Waals surface area contributed by atoms with Gasteiger partial charge < -0.3 is 11.1 Å². The van der Waals surface area contributed by atoms with E-state index in [1.54, 1.807) is 18.2 Å². The molecule has 0 aliphatic rings. The number of sulfonamides is 1. The van der Waals surface area contributed by atoms with Gasteiger partial charge in [0, 0.05) is 24.2 Å². The van der Waals surface area contributed by atoms with Gasteiger partial charge in [-0.25, -0.2) is 8.42 Å². The monoisotopic (exact) mass is 403 g/mol. The molecule has 0 radical (unpaired) electrons. The van der Waals surface area contributed by atoms with E-state index in [0.717, 1.165) is 17.4 Å². The first-order valence-electron chi connectivity index (χ1n) is 8.83. The van der Waals surface area contributed by atoms with Gasteiger partial charge >= 0.3 is 0 Å². The predicted molar refractivity (Wildman–Crippen MR) is 111 cm³/mol. The molecule has 2 rings (SSSR count). The fourth-order valence-corrected chi connectivity index (χ4v) is 3.81. The lowest BCUT2D eigenvalue weighted by molar-refractivity contribution is -0.116. The number of benzene rings is 2. The van der Waals surface area contributed by atoms with Crippen LogP contribution in [0, 0.1) is 13.8 Å². The molecule has 3 N–H and O–H groups in total. The van der Waals surface area contributed by atoms with E-state index < -0.39 is 15.9 Å². The van der Waals surface area contributed by atoms with Crippen LogP contribution in [0.15, 0.2) is 42.5 Å². The third kappa shape index (κ3) is 5.56. The van der Waals surface area contributed by atoms with Crippen LogP contribution in [0.2, 0.25) is 0 Å². The number of nitrogens with zero attached hydrogens (tertiary/aromatic N) is 1. The number of anilines is 2. The van der Waals surface area contributed by atoms with Crippen molar-refractivity contribution in [3.8, 4) is 0 Å². The zero-order valence-electron chi connectivity index (χ0n) is 16.2. The fourth-order valence-electron chi connectivity index (χ4n) is 2.80. The van der Waals surface area contributed by atoms with E-state index in [4.69, 9.17) is 5.73 Å². The lowest BCUT2D eigenvalue weighted by atomic mass is 10.1. The Labute approximate surface area is 165 Å². The summed E-state index contributed by atoms with van der Waals surface area (Å²) in [4.78, 5) is 23.2. The van der Waals surface area contributed by atoms with Crippen LogP contribution in [0.4, 0.5) is 11.4 Å². The Hall–Kier alpha value is -2.87. The SMILES string of the molecule is Cc1cccc(N(CCCC(=O)Nc2ccc(C(N)=O)cc2)S(C)(=O)=O)c1C. The van der Waals surface area contributed by atoms with Crippen LogP contribution in [-0.2, 0) is 14.8 Å². The van der Waals surface area contributed by atoms with Gasteiger partial charge in [0.2, 0.25) is 21.8 Å². The molecule has 8 heteroatoms. The average molecular weight is 404 g/mol. The third-order valence-electron chi connectivity index (χ3n) is 4.46. The predicted octanol–water partition coefficient (Wildman–Crippen LogP) is 2.59. The molecule has 0 heterocycles. The summed E-state index contributed by atoms with van der Waals surface area (Å²) in [5, 5.41) is 2.72. The minimum atomic E-state index is -3.47. The average Bonchev–Trinajstić information content (AvgIpc) is 2.61. The minimum absolute atomic E-state index is 0.161. The Morgan fingerprint density at radius 1 is 1.07 bits per heavy atom. The van der Waals surface area contributed by atoms with Gasteiger partial charge in [-0.05, 0) is 61.7 Å². The van der Waals surface area contributed by atoms with Gasteiger partial charge in [0.05, 0.1) is 11.9 Å². The molecule has 0 saturated heterocycles. The summed E-state index contributed by atoms with van der Waals surface area (Å²) in [6, 6.07) is 11.8. The number of rotatable bonds is 8. The lowest BCUT2D eigenvalue weighted by Crippen LogP contribution is -2.32. The molecule has 2 aromatic carbocycles. The summed E-state index contributed by atoms with van der Waals surface area (Å²) < 4.78 is 25.8. The second kappa shape index (κ2) is 8.88. The Bertz CT molecular complexity index is 969. The highest BCUT2D eigenvalue weighted by molar-refractivity contribution is 7.92. The second-order valence-corrected chi connectivity index (χ2v) is 8.55. The number of nitrogens with two attached hydrogens (primary N) is 1. The smallest absolute Gasteiger partial charge is 0.248 e. The van der Waals surface area contributed by atoms with E-state index in [2.05, 4.69) is 5.32 Å². The molecule has 28 heavy (non-hydrogen) atoms. The van der Waals surface area contributed by atoms with Crippen LogP contribution in [0.1, 0.15) is 34.3 Å². The normalized spacial score (nSPS) is 11.1. The van der Waals surface area contributed by atoms with Gasteiger partial charge in [0.15, 0.2) is 0 Å². The number of primary amides is 1. The number of carbonyl (C=O) groups excluding carboxylic acids is 2. The van der Waals surface area contributed by atoms with Gasteiger partial charge in [-0.1, -0.05) is 12.1 Å². The summed E-state index contributed by atoms with van der Waals surface area (Å²) in [6.07, 6.45) is 1.69. The van der Waals surface area contributed by atoms with Crippen molar-refractivity contribution in [2.24, 2.45) is 5.73 Å². The molecule has 0 aliphatic carbocycles. The Kier molecular flexibility index (Phi) is 6.80. The largest absolute Gasteiger partial charge is 0.366 e. The van der Waals surface area contributed by atoms with Crippen molar-refractivity contribution in [1.29, 1.82) is 0 Å². The van der Waals surface area contributed by atoms with Crippen LogP contribution < -0.4 is 15.4 Å². The van der Waals surface area contributed by atoms with E-state index in [0.29, 0.717) is 23.4 Å². The molecular formula is C20H25N3O4S. The first-order chi connectivity index (χ1) is 13.1. The van der Waals surface area contributed by atoms with Gasteiger partial charge in [0.1, 0.15) is 0 Å². The zero-order valence-corrected chi connectivity index (χ0v) is 17.0. The fraction of sp³-hybridized carbons (Fsp3) is 0.300. The molecule has 0 saturated carbocycles. The summed E-state index contributed by atoms with van der Waals surface area (Å²) >= 11 is 0. The molecule has 0 spiro atoms. The third-order valence-corrected chi connectivity index (χ3v) is 5.64. The highest BCUT2D eigenvalue weighted by atomic mass is 32.2. The Balaban J connectivity index is 1.99. The molecule has 0 unspecified atom stereocenters. The molecule has 2 amide bonds. The molecule has 7 nitrogen and oxygen atoms in total. The highest BCUT2D eigenvalue weighted by Gasteiger charge is 2.19. The number of hydrogen-bond donors (Lipinski definition) is 2. The van der Waals surface area contributed by atoms with Crippen molar-refractivity contribution in [2.75, 3.05) is 22.4 Å². The second-order valence-electron chi connectivity index (χ2n) is 6.65. The molecule has 0 fully saturated rings. The van der Waals surface area contributed by atoms with Crippen molar-refractivity contribution >= 4 is 33.2 Å². The van der Waals surface area contributed by atoms with Crippen LogP contribution in [0.25, 0.3) is 0 Å². The first-order valence-corrected chi connectivity index (χ1v) is 10.7. The van der Waals surface area contributed by atoms with E-state index in [9.17, 15) is 18.0 Å². The van der Waals surface area contributed by atoms with Crippen LogP contribution in [-0.4, -0.2) is 33.0 Å². The number of carbonyl (C=O) groups is 2. The van der Waals surface area contributed by atoms with Crippen molar-refractivity contribution < 1.29 is 18.0 Å². The topological polar surface area (TPSA) is 110 Å². The summed E-state index contributed by atoms with van der Waals surface area (Å²) in [7, 11) is -3.47. The van der Waals surface area contributed by atoms with Gasteiger partial charge in [-0.15, -0.1) is 0 Å². The van der Waals surface area contributed by atoms with Crippen molar-refractivity contribution in [2.45, 2.75) is 26.7 Å². The molecule has 0 atom stereocenters. The summed E-state index contributed by atoms with van der Waals surface area (Å²) in [5.41, 5.74) is 8.61. The van der Waals surface area contributed by atoms with Gasteiger partial charge in [-0.3, -0.25) is 13.9 Å². The zero-order chi connectivity index (χ0) is 20.9. The molecular weight excluding hydrogens is 378 g/mol. The van der Waals surface area contributed by atoms with E-state index in [1.807, 2.05) is 26.0 Å². The first kappa shape index (κ1) is 21.4. The number of hydrogen-bond acceptors (Lipinski definition) is 4. The molecule has 0 bridgehead atoms. The summed E-state index contributed by atoms with van der Waals surface area (Å²) in [5.74, 6) is -0.772. The van der Waals surface area contributed by atoms with Gasteiger partial charge in [0.25, 0.3) is 0 Å². The van der Waals surface area contributed by atoms with E-state index in [-0.39, 0.29) is 18.9 Å². The van der Waals surface area contributed by atoms with Crippen LogP contribution >= 0.6 is 0 Å². The lowest BCUT2D eigenvalue weighted by Gasteiger charge is -2.24. The molecule has 2 aromatic rings. The van der Waals surface area contributed by atoms with E-state index >= 15 is 0 Å². The summed E-state index contributed by atoms with van der Waals surface area (Å²) in [6.45, 7) is 4.01. The maximum absolute atomic E-state index is 12.2. The molecule has 0 aliphatic heterocycles. The quantitative estimate of drug-likeness (QED) is 0.706. The molecule has 0 aromatic heterocycles. The molecule has 150 valence electrons.